The average Bonchev–Trinajstić information content (AvgIpc) is 2.37. The van der Waals surface area contributed by atoms with Crippen LogP contribution in [0.3, 0.4) is 0 Å². The van der Waals surface area contributed by atoms with Gasteiger partial charge in [-0.1, -0.05) is 45.0 Å². The smallest absolute Gasteiger partial charge is 0.416 e. The van der Waals surface area contributed by atoms with Crippen molar-refractivity contribution in [2.75, 3.05) is 0 Å². The number of hydrogen-bond donors (Lipinski definition) is 0. The zero-order chi connectivity index (χ0) is 15.7. The van der Waals surface area contributed by atoms with E-state index in [2.05, 4.69) is 0 Å². The Bertz CT molecular complexity index is 610. The molecule has 2 rings (SSSR count). The quantitative estimate of drug-likeness (QED) is 0.680. The molecular formula is C17H17F3O. The number of benzene rings is 2. The molecular weight excluding hydrogens is 277 g/mol. The third-order valence-electron chi connectivity index (χ3n) is 3.08. The lowest BCUT2D eigenvalue weighted by Crippen LogP contribution is -2.19. The van der Waals surface area contributed by atoms with Crippen molar-refractivity contribution >= 4 is 0 Å². The van der Waals surface area contributed by atoms with Gasteiger partial charge in [0, 0.05) is 0 Å². The molecule has 2 aromatic rings. The predicted molar refractivity (Wildman–Crippen MR) is 76.7 cm³/mol. The standard InChI is InChI=1S/C17H17F3O/c1-16(2,3)14-10-9-13(11-15(14)17(18,19)20)21-12-7-5-4-6-8-12/h4-11H,1-3H3. The number of ether oxygens (including phenoxy) is 1. The van der Waals surface area contributed by atoms with Crippen LogP contribution >= 0.6 is 0 Å². The lowest BCUT2D eigenvalue weighted by Gasteiger charge is -2.24. The normalized spacial score (nSPS) is 12.3. The van der Waals surface area contributed by atoms with E-state index in [4.69, 9.17) is 4.74 Å². The van der Waals surface area contributed by atoms with Crippen molar-refractivity contribution < 1.29 is 17.9 Å². The minimum Gasteiger partial charge on any atom is -0.457 e. The summed E-state index contributed by atoms with van der Waals surface area (Å²) in [5.74, 6) is 0.690. The van der Waals surface area contributed by atoms with Crippen LogP contribution in [0.25, 0.3) is 0 Å². The highest BCUT2D eigenvalue weighted by molar-refractivity contribution is 5.42. The predicted octanol–water partition coefficient (Wildman–Crippen LogP) is 5.80. The van der Waals surface area contributed by atoms with Crippen molar-refractivity contribution in [1.29, 1.82) is 0 Å². The maximum absolute atomic E-state index is 13.2. The van der Waals surface area contributed by atoms with E-state index < -0.39 is 17.2 Å². The molecule has 0 bridgehead atoms. The molecule has 0 heterocycles. The Morgan fingerprint density at radius 2 is 1.38 bits per heavy atom. The summed E-state index contributed by atoms with van der Waals surface area (Å²) in [5.41, 5.74) is -0.977. The van der Waals surface area contributed by atoms with Crippen LogP contribution in [0, 0.1) is 0 Å². The number of hydrogen-bond acceptors (Lipinski definition) is 1. The Morgan fingerprint density at radius 3 is 1.90 bits per heavy atom. The van der Waals surface area contributed by atoms with E-state index in [1.54, 1.807) is 51.1 Å². The van der Waals surface area contributed by atoms with Gasteiger partial charge in [0.1, 0.15) is 11.5 Å². The number of para-hydroxylation sites is 1. The summed E-state index contributed by atoms with van der Waals surface area (Å²) in [5, 5.41) is 0. The van der Waals surface area contributed by atoms with E-state index >= 15 is 0 Å². The molecule has 0 N–H and O–H groups in total. The summed E-state index contributed by atoms with van der Waals surface area (Å²) in [4.78, 5) is 0. The molecule has 0 aliphatic rings. The van der Waals surface area contributed by atoms with Gasteiger partial charge in [-0.2, -0.15) is 13.2 Å². The van der Waals surface area contributed by atoms with Gasteiger partial charge >= 0.3 is 6.18 Å². The molecule has 1 nitrogen and oxygen atoms in total. The van der Waals surface area contributed by atoms with Gasteiger partial charge in [-0.25, -0.2) is 0 Å². The van der Waals surface area contributed by atoms with Gasteiger partial charge in [-0.3, -0.25) is 0 Å². The maximum atomic E-state index is 13.2. The van der Waals surface area contributed by atoms with Gasteiger partial charge < -0.3 is 4.74 Å². The van der Waals surface area contributed by atoms with Crippen LogP contribution in [0.4, 0.5) is 13.2 Å². The highest BCUT2D eigenvalue weighted by atomic mass is 19.4. The summed E-state index contributed by atoms with van der Waals surface area (Å²) >= 11 is 0. The molecule has 112 valence electrons. The highest BCUT2D eigenvalue weighted by Gasteiger charge is 2.36. The largest absolute Gasteiger partial charge is 0.457 e. The summed E-state index contributed by atoms with van der Waals surface area (Å²) in [6.07, 6.45) is -4.40. The first kappa shape index (κ1) is 15.4. The number of halogens is 3. The molecule has 0 atom stereocenters. The summed E-state index contributed by atoms with van der Waals surface area (Å²) in [6, 6.07) is 12.9. The second-order valence-corrected chi connectivity index (χ2v) is 5.87. The zero-order valence-corrected chi connectivity index (χ0v) is 12.2. The van der Waals surface area contributed by atoms with Crippen LogP contribution in [0.15, 0.2) is 48.5 Å². The van der Waals surface area contributed by atoms with Crippen LogP contribution in [-0.2, 0) is 11.6 Å². The van der Waals surface area contributed by atoms with Crippen molar-refractivity contribution in [2.45, 2.75) is 32.4 Å². The minimum atomic E-state index is -4.40. The van der Waals surface area contributed by atoms with Crippen LogP contribution in [-0.4, -0.2) is 0 Å². The lowest BCUT2D eigenvalue weighted by atomic mass is 9.83. The van der Waals surface area contributed by atoms with Crippen LogP contribution in [0.5, 0.6) is 11.5 Å². The fourth-order valence-corrected chi connectivity index (χ4v) is 2.10. The monoisotopic (exact) mass is 294 g/mol. The van der Waals surface area contributed by atoms with Crippen LogP contribution in [0.1, 0.15) is 31.9 Å². The van der Waals surface area contributed by atoms with Crippen LogP contribution in [0.2, 0.25) is 0 Å². The molecule has 0 saturated carbocycles. The van der Waals surface area contributed by atoms with Gasteiger partial charge in [0.15, 0.2) is 0 Å². The molecule has 0 spiro atoms. The molecule has 0 aliphatic heterocycles. The molecule has 0 saturated heterocycles. The Hall–Kier alpha value is -1.97. The SMILES string of the molecule is CC(C)(C)c1ccc(Oc2ccccc2)cc1C(F)(F)F. The Kier molecular flexibility index (Phi) is 3.99. The lowest BCUT2D eigenvalue weighted by molar-refractivity contribution is -0.138. The first-order valence-corrected chi connectivity index (χ1v) is 6.62. The average molecular weight is 294 g/mol. The van der Waals surface area contributed by atoms with Gasteiger partial charge in [0.2, 0.25) is 0 Å². The first-order valence-electron chi connectivity index (χ1n) is 6.62. The van der Waals surface area contributed by atoms with Crippen molar-refractivity contribution in [2.24, 2.45) is 0 Å². The molecule has 0 unspecified atom stereocenters. The van der Waals surface area contributed by atoms with Gasteiger partial charge in [0.05, 0.1) is 5.56 Å². The molecule has 2 aromatic carbocycles. The van der Waals surface area contributed by atoms with E-state index in [-0.39, 0.29) is 11.3 Å². The Labute approximate surface area is 122 Å². The summed E-state index contributed by atoms with van der Waals surface area (Å²) < 4.78 is 45.2. The Morgan fingerprint density at radius 1 is 0.762 bits per heavy atom. The first-order chi connectivity index (χ1) is 9.68. The molecule has 0 aromatic heterocycles. The minimum absolute atomic E-state index is 0.182. The molecule has 0 aliphatic carbocycles. The van der Waals surface area contributed by atoms with E-state index in [9.17, 15) is 13.2 Å². The molecule has 0 amide bonds. The van der Waals surface area contributed by atoms with E-state index in [0.29, 0.717) is 5.75 Å². The van der Waals surface area contributed by atoms with E-state index in [0.717, 1.165) is 6.07 Å². The van der Waals surface area contributed by atoms with E-state index in [1.165, 1.54) is 6.07 Å². The van der Waals surface area contributed by atoms with Crippen molar-refractivity contribution in [3.05, 3.63) is 59.7 Å². The van der Waals surface area contributed by atoms with Crippen molar-refractivity contribution in [1.82, 2.24) is 0 Å². The van der Waals surface area contributed by atoms with Gasteiger partial charge in [0.25, 0.3) is 0 Å². The summed E-state index contributed by atoms with van der Waals surface area (Å²) in [7, 11) is 0. The molecule has 4 heteroatoms. The highest BCUT2D eigenvalue weighted by Crippen LogP contribution is 2.40. The van der Waals surface area contributed by atoms with Gasteiger partial charge in [-0.15, -0.1) is 0 Å². The molecule has 0 radical (unpaired) electrons. The fourth-order valence-electron chi connectivity index (χ4n) is 2.10. The molecule has 21 heavy (non-hydrogen) atoms. The van der Waals surface area contributed by atoms with Crippen molar-refractivity contribution in [3.8, 4) is 11.5 Å². The topological polar surface area (TPSA) is 9.23 Å². The third-order valence-corrected chi connectivity index (χ3v) is 3.08. The molecule has 0 fully saturated rings. The van der Waals surface area contributed by atoms with Crippen molar-refractivity contribution in [3.63, 3.8) is 0 Å². The number of rotatable bonds is 2. The fraction of sp³-hybridized carbons (Fsp3) is 0.294. The second kappa shape index (κ2) is 5.43. The number of alkyl halides is 3. The van der Waals surface area contributed by atoms with Gasteiger partial charge in [-0.05, 0) is 35.2 Å². The Balaban J connectivity index is 2.43. The van der Waals surface area contributed by atoms with Crippen LogP contribution < -0.4 is 4.74 Å². The maximum Gasteiger partial charge on any atom is 0.416 e. The third kappa shape index (κ3) is 3.78. The second-order valence-electron chi connectivity index (χ2n) is 5.87. The summed E-state index contributed by atoms with van der Waals surface area (Å²) in [6.45, 7) is 5.28. The van der Waals surface area contributed by atoms with E-state index in [1.807, 2.05) is 6.07 Å². The zero-order valence-electron chi connectivity index (χ0n) is 12.2.